The molecule has 0 saturated carbocycles. The number of amides is 3. The van der Waals surface area contributed by atoms with Crippen molar-refractivity contribution in [3.63, 3.8) is 0 Å². The first-order chi connectivity index (χ1) is 14.7. The quantitative estimate of drug-likeness (QED) is 0.281. The van der Waals surface area contributed by atoms with Crippen LogP contribution in [0.4, 0.5) is 5.69 Å². The lowest BCUT2D eigenvalue weighted by Crippen LogP contribution is -2.47. The summed E-state index contributed by atoms with van der Waals surface area (Å²) >= 11 is 1.45. The van der Waals surface area contributed by atoms with Gasteiger partial charge < -0.3 is 24.9 Å². The maximum Gasteiger partial charge on any atom is 0.635 e. The van der Waals surface area contributed by atoms with Crippen molar-refractivity contribution in [2.45, 2.75) is 12.6 Å². The molecule has 1 atom stereocenters. The van der Waals surface area contributed by atoms with E-state index in [0.717, 1.165) is 16.5 Å². The van der Waals surface area contributed by atoms with Crippen LogP contribution in [0.3, 0.4) is 0 Å². The second-order valence-corrected chi connectivity index (χ2v) is 7.51. The van der Waals surface area contributed by atoms with Gasteiger partial charge in [-0.2, -0.15) is 11.3 Å². The fourth-order valence-electron chi connectivity index (χ4n) is 2.74. The maximum absolute atomic E-state index is 12.6. The fraction of sp³-hybridized carbons (Fsp3) is 0.250. The van der Waals surface area contributed by atoms with Gasteiger partial charge in [0, 0.05) is 31.8 Å². The monoisotopic (exact) mass is 445 g/mol. The average Bonchev–Trinajstić information content (AvgIpc) is 3.23. The molecule has 164 valence electrons. The highest BCUT2D eigenvalue weighted by molar-refractivity contribution is 7.07. The minimum atomic E-state index is -2.08. The second-order valence-electron chi connectivity index (χ2n) is 6.73. The van der Waals surface area contributed by atoms with Gasteiger partial charge in [-0.15, -0.1) is 0 Å². The van der Waals surface area contributed by atoms with E-state index in [1.165, 1.54) is 22.3 Å². The summed E-state index contributed by atoms with van der Waals surface area (Å²) in [6.07, 6.45) is 0.240. The van der Waals surface area contributed by atoms with Crippen LogP contribution in [0.25, 0.3) is 0 Å². The number of nitrogens with one attached hydrogen (secondary N) is 1. The molecule has 1 heterocycles. The van der Waals surface area contributed by atoms with Crippen molar-refractivity contribution in [2.24, 2.45) is 0 Å². The van der Waals surface area contributed by atoms with E-state index in [2.05, 4.69) is 11.9 Å². The molecule has 0 aliphatic carbocycles. The maximum atomic E-state index is 12.6. The molecule has 0 aliphatic rings. The normalized spacial score (nSPS) is 11.4. The summed E-state index contributed by atoms with van der Waals surface area (Å²) in [5.74, 6) is -1.39. The molecule has 1 aromatic carbocycles. The Labute approximate surface area is 184 Å². The Morgan fingerprint density at radius 1 is 1.29 bits per heavy atom. The molecular weight excluding hydrogens is 421 g/mol. The average molecular weight is 445 g/mol. The molecule has 2 rings (SSSR count). The van der Waals surface area contributed by atoms with Crippen LogP contribution < -0.4 is 10.2 Å². The van der Waals surface area contributed by atoms with Gasteiger partial charge in [0.1, 0.15) is 12.8 Å². The van der Waals surface area contributed by atoms with Gasteiger partial charge in [-0.25, -0.2) is 0 Å². The van der Waals surface area contributed by atoms with Gasteiger partial charge in [0.25, 0.3) is 11.8 Å². The van der Waals surface area contributed by atoms with E-state index in [9.17, 15) is 14.4 Å². The van der Waals surface area contributed by atoms with E-state index in [4.69, 9.17) is 14.7 Å². The van der Waals surface area contributed by atoms with Crippen LogP contribution >= 0.6 is 11.3 Å². The van der Waals surface area contributed by atoms with Crippen molar-refractivity contribution in [1.29, 1.82) is 0 Å². The molecule has 9 nitrogen and oxygen atoms in total. The molecule has 0 saturated heterocycles. The number of anilines is 1. The van der Waals surface area contributed by atoms with Gasteiger partial charge in [0.15, 0.2) is 0 Å². The van der Waals surface area contributed by atoms with E-state index in [-0.39, 0.29) is 12.3 Å². The number of carbonyl (C=O) groups excluding carboxylic acids is 3. The summed E-state index contributed by atoms with van der Waals surface area (Å²) in [6, 6.07) is 8.14. The summed E-state index contributed by atoms with van der Waals surface area (Å²) in [4.78, 5) is 39.8. The SMILES string of the molecule is C=CC(=O)N(CC(=O)N[C@@H](Cc1ccsc1)OB(O)O)c1cccc(C(=O)N(C)C)c1. The number of carbonyl (C=O) groups is 3. The lowest BCUT2D eigenvalue weighted by atomic mass is 10.1. The lowest BCUT2D eigenvalue weighted by molar-refractivity contribution is -0.124. The summed E-state index contributed by atoms with van der Waals surface area (Å²) in [6.45, 7) is 3.07. The number of hydrogen-bond donors (Lipinski definition) is 3. The predicted octanol–water partition coefficient (Wildman–Crippen LogP) is 0.640. The number of nitrogens with zero attached hydrogens (tertiary/aromatic N) is 2. The van der Waals surface area contributed by atoms with E-state index < -0.39 is 31.9 Å². The topological polar surface area (TPSA) is 119 Å². The predicted molar refractivity (Wildman–Crippen MR) is 118 cm³/mol. The van der Waals surface area contributed by atoms with E-state index in [1.54, 1.807) is 32.3 Å². The van der Waals surface area contributed by atoms with Crippen molar-refractivity contribution in [2.75, 3.05) is 25.5 Å². The molecular formula is C20H24BN3O6S. The zero-order valence-electron chi connectivity index (χ0n) is 17.2. The Bertz CT molecular complexity index is 919. The number of rotatable bonds is 10. The summed E-state index contributed by atoms with van der Waals surface area (Å²) < 4.78 is 4.96. The Morgan fingerprint density at radius 3 is 2.61 bits per heavy atom. The molecule has 2 aromatic rings. The van der Waals surface area contributed by atoms with Gasteiger partial charge in [-0.1, -0.05) is 12.6 Å². The van der Waals surface area contributed by atoms with Gasteiger partial charge in [-0.3, -0.25) is 19.3 Å². The van der Waals surface area contributed by atoms with E-state index in [0.29, 0.717) is 11.3 Å². The third kappa shape index (κ3) is 7.33. The summed E-state index contributed by atoms with van der Waals surface area (Å²) in [5, 5.41) is 24.5. The van der Waals surface area contributed by atoms with Crippen molar-refractivity contribution in [3.05, 3.63) is 64.9 Å². The smallest absolute Gasteiger partial charge is 0.402 e. The zero-order chi connectivity index (χ0) is 23.0. The van der Waals surface area contributed by atoms with Crippen LogP contribution in [-0.2, 0) is 20.7 Å². The Morgan fingerprint density at radius 2 is 2.03 bits per heavy atom. The van der Waals surface area contributed by atoms with E-state index >= 15 is 0 Å². The molecule has 0 unspecified atom stereocenters. The highest BCUT2D eigenvalue weighted by Crippen LogP contribution is 2.18. The molecule has 0 aliphatic heterocycles. The third-order valence-electron chi connectivity index (χ3n) is 4.16. The first kappa shape index (κ1) is 24.3. The lowest BCUT2D eigenvalue weighted by Gasteiger charge is -2.24. The molecule has 1 aromatic heterocycles. The van der Waals surface area contributed by atoms with Crippen LogP contribution in [0.2, 0.25) is 0 Å². The first-order valence-corrected chi connectivity index (χ1v) is 10.2. The Hall–Kier alpha value is -2.99. The molecule has 0 spiro atoms. The van der Waals surface area contributed by atoms with Gasteiger partial charge >= 0.3 is 7.32 Å². The van der Waals surface area contributed by atoms with Crippen LogP contribution in [0, 0.1) is 0 Å². The Kier molecular flexibility index (Phi) is 8.95. The van der Waals surface area contributed by atoms with Gasteiger partial charge in [0.2, 0.25) is 5.91 Å². The molecule has 0 bridgehead atoms. The van der Waals surface area contributed by atoms with Crippen molar-refractivity contribution in [1.82, 2.24) is 10.2 Å². The second kappa shape index (κ2) is 11.4. The summed E-state index contributed by atoms with van der Waals surface area (Å²) in [5.41, 5.74) is 1.53. The van der Waals surface area contributed by atoms with Crippen molar-refractivity contribution in [3.8, 4) is 0 Å². The highest BCUT2D eigenvalue weighted by atomic mass is 32.1. The first-order valence-electron chi connectivity index (χ1n) is 9.29. The zero-order valence-corrected chi connectivity index (χ0v) is 18.0. The number of hydrogen-bond acceptors (Lipinski definition) is 7. The molecule has 11 heteroatoms. The third-order valence-corrected chi connectivity index (χ3v) is 4.89. The van der Waals surface area contributed by atoms with Crippen LogP contribution in [0.5, 0.6) is 0 Å². The molecule has 31 heavy (non-hydrogen) atoms. The van der Waals surface area contributed by atoms with Crippen LogP contribution in [-0.4, -0.2) is 66.9 Å². The van der Waals surface area contributed by atoms with Crippen LogP contribution in [0.15, 0.2) is 53.7 Å². The van der Waals surface area contributed by atoms with Gasteiger partial charge in [0.05, 0.1) is 0 Å². The van der Waals surface area contributed by atoms with Crippen LogP contribution in [0.1, 0.15) is 15.9 Å². The molecule has 0 radical (unpaired) electrons. The highest BCUT2D eigenvalue weighted by Gasteiger charge is 2.24. The summed E-state index contributed by atoms with van der Waals surface area (Å²) in [7, 11) is 1.14. The largest absolute Gasteiger partial charge is 0.635 e. The van der Waals surface area contributed by atoms with Crippen molar-refractivity contribution < 1.29 is 29.1 Å². The van der Waals surface area contributed by atoms with E-state index in [1.807, 2.05) is 16.8 Å². The number of benzene rings is 1. The Balaban J connectivity index is 2.18. The minimum absolute atomic E-state index is 0.203. The minimum Gasteiger partial charge on any atom is -0.402 e. The molecule has 3 N–H and O–H groups in total. The fourth-order valence-corrected chi connectivity index (χ4v) is 3.42. The molecule has 3 amide bonds. The number of thiophene rings is 1. The molecule has 0 fully saturated rings. The van der Waals surface area contributed by atoms with Crippen molar-refractivity contribution >= 4 is 42.1 Å². The standard InChI is InChI=1S/C20H24BN3O6S/c1-4-19(26)24(16-7-5-6-15(11-16)20(27)23(2)3)12-17(25)22-18(30-21(28)29)10-14-8-9-31-13-14/h4-9,11,13,18,28-29H,1,10,12H2,2-3H3,(H,22,25)/t18-/m1/s1. The van der Waals surface area contributed by atoms with Gasteiger partial charge in [-0.05, 0) is 46.7 Å².